The van der Waals surface area contributed by atoms with Gasteiger partial charge in [0.15, 0.2) is 0 Å². The second-order valence-corrected chi connectivity index (χ2v) is 8.47. The second kappa shape index (κ2) is 9.99. The van der Waals surface area contributed by atoms with Crippen LogP contribution in [0.1, 0.15) is 5.56 Å². The van der Waals surface area contributed by atoms with Crippen LogP contribution in [0, 0.1) is 0 Å². The number of anilines is 1. The molecule has 1 aliphatic heterocycles. The highest BCUT2D eigenvalue weighted by atomic mass is 35.5. The molecule has 2 aromatic carbocycles. The molecule has 5 rings (SSSR count). The Hall–Kier alpha value is -4.17. The lowest BCUT2D eigenvalue weighted by Gasteiger charge is -2.35. The van der Waals surface area contributed by atoms with Crippen LogP contribution in [0.5, 0.6) is 0 Å². The first kappa shape index (κ1) is 22.6. The summed E-state index contributed by atoms with van der Waals surface area (Å²) in [6, 6.07) is 18.9. The van der Waals surface area contributed by atoms with Gasteiger partial charge in [0, 0.05) is 44.0 Å². The molecule has 3 heterocycles. The first-order valence-corrected chi connectivity index (χ1v) is 11.6. The van der Waals surface area contributed by atoms with Gasteiger partial charge in [-0.15, -0.1) is 0 Å². The predicted octanol–water partition coefficient (Wildman–Crippen LogP) is 3.43. The summed E-state index contributed by atoms with van der Waals surface area (Å²) in [5, 5.41) is 8.78. The predicted molar refractivity (Wildman–Crippen MR) is 136 cm³/mol. The van der Waals surface area contributed by atoms with Gasteiger partial charge in [0.2, 0.25) is 5.91 Å². The zero-order valence-corrected chi connectivity index (χ0v) is 19.6. The van der Waals surface area contributed by atoms with Crippen LogP contribution in [0.4, 0.5) is 5.69 Å². The first-order chi connectivity index (χ1) is 17.1. The minimum absolute atomic E-state index is 0.0687. The molecule has 0 radical (unpaired) electrons. The molecule has 9 heteroatoms. The van der Waals surface area contributed by atoms with E-state index in [4.69, 9.17) is 11.6 Å². The maximum atomic E-state index is 12.8. The molecule has 1 fully saturated rings. The van der Waals surface area contributed by atoms with E-state index in [0.29, 0.717) is 37.6 Å². The van der Waals surface area contributed by atoms with E-state index >= 15 is 0 Å². The van der Waals surface area contributed by atoms with Crippen LogP contribution in [-0.4, -0.2) is 56.5 Å². The number of carbonyl (C=O) groups is 1. The van der Waals surface area contributed by atoms with Gasteiger partial charge in [-0.2, -0.15) is 14.9 Å². The smallest absolute Gasteiger partial charge is 0.292 e. The number of halogens is 1. The highest BCUT2D eigenvalue weighted by molar-refractivity contribution is 6.33. The summed E-state index contributed by atoms with van der Waals surface area (Å²) in [6.07, 6.45) is 8.55. The van der Waals surface area contributed by atoms with Crippen LogP contribution in [0.3, 0.4) is 0 Å². The molecule has 35 heavy (non-hydrogen) atoms. The Morgan fingerprint density at radius 2 is 1.51 bits per heavy atom. The lowest BCUT2D eigenvalue weighted by molar-refractivity contribution is -0.126. The minimum atomic E-state index is -0.368. The van der Waals surface area contributed by atoms with Gasteiger partial charge in [-0.05, 0) is 30.3 Å². The van der Waals surface area contributed by atoms with Crippen molar-refractivity contribution >= 4 is 29.3 Å². The van der Waals surface area contributed by atoms with Gasteiger partial charge in [0.25, 0.3) is 5.56 Å². The largest absolute Gasteiger partial charge is 0.365 e. The van der Waals surface area contributed by atoms with Crippen molar-refractivity contribution in [2.24, 2.45) is 0 Å². The Morgan fingerprint density at radius 1 is 0.857 bits per heavy atom. The molecular weight excluding hydrogens is 464 g/mol. The van der Waals surface area contributed by atoms with E-state index in [0.717, 1.165) is 11.3 Å². The van der Waals surface area contributed by atoms with Crippen molar-refractivity contribution in [3.63, 3.8) is 0 Å². The number of benzene rings is 2. The lowest BCUT2D eigenvalue weighted by Crippen LogP contribution is -2.48. The Labute approximate surface area is 207 Å². The molecule has 0 N–H and O–H groups in total. The fourth-order valence-electron chi connectivity index (χ4n) is 3.98. The fourth-order valence-corrected chi connectivity index (χ4v) is 4.23. The highest BCUT2D eigenvalue weighted by Crippen LogP contribution is 2.23. The Kier molecular flexibility index (Phi) is 6.45. The van der Waals surface area contributed by atoms with Crippen molar-refractivity contribution in [3.8, 4) is 11.4 Å². The standard InChI is InChI=1S/C26H23ClN6O2/c27-25-23(18-29-33(26(25)35)22-9-5-2-6-10-22)30-13-15-31(16-14-30)24(34)12-11-20-17-28-32(19-20)21-7-3-1-4-8-21/h1-12,17-19H,13-16H2/b12-11+. The minimum Gasteiger partial charge on any atom is -0.365 e. The number of amides is 1. The number of hydrogen-bond acceptors (Lipinski definition) is 5. The molecule has 1 saturated heterocycles. The van der Waals surface area contributed by atoms with Crippen LogP contribution < -0.4 is 10.5 Å². The molecule has 0 atom stereocenters. The molecule has 8 nitrogen and oxygen atoms in total. The van der Waals surface area contributed by atoms with Crippen molar-refractivity contribution in [2.75, 3.05) is 31.1 Å². The summed E-state index contributed by atoms with van der Waals surface area (Å²) in [4.78, 5) is 29.3. The van der Waals surface area contributed by atoms with Crippen molar-refractivity contribution in [3.05, 3.63) is 106 Å². The van der Waals surface area contributed by atoms with E-state index in [-0.39, 0.29) is 16.5 Å². The number of carbonyl (C=O) groups excluding carboxylic acids is 1. The van der Waals surface area contributed by atoms with E-state index in [2.05, 4.69) is 10.2 Å². The zero-order valence-electron chi connectivity index (χ0n) is 18.9. The van der Waals surface area contributed by atoms with Crippen molar-refractivity contribution in [1.29, 1.82) is 0 Å². The Bertz CT molecular complexity index is 1410. The molecule has 0 saturated carbocycles. The Balaban J connectivity index is 1.21. The number of hydrogen-bond donors (Lipinski definition) is 0. The topological polar surface area (TPSA) is 76.3 Å². The zero-order chi connectivity index (χ0) is 24.2. The molecule has 1 amide bonds. The maximum Gasteiger partial charge on any atom is 0.292 e. The molecule has 0 unspecified atom stereocenters. The van der Waals surface area contributed by atoms with E-state index < -0.39 is 0 Å². The highest BCUT2D eigenvalue weighted by Gasteiger charge is 2.23. The van der Waals surface area contributed by atoms with Crippen LogP contribution in [0.15, 0.2) is 90.1 Å². The summed E-state index contributed by atoms with van der Waals surface area (Å²) >= 11 is 6.43. The molecule has 0 spiro atoms. The third-order valence-electron chi connectivity index (χ3n) is 5.87. The number of piperazine rings is 1. The summed E-state index contributed by atoms with van der Waals surface area (Å²) in [5.41, 5.74) is 2.67. The monoisotopic (exact) mass is 486 g/mol. The van der Waals surface area contributed by atoms with E-state index in [9.17, 15) is 9.59 Å². The summed E-state index contributed by atoms with van der Waals surface area (Å²) in [5.74, 6) is -0.0687. The number of aromatic nitrogens is 4. The summed E-state index contributed by atoms with van der Waals surface area (Å²) in [6.45, 7) is 2.15. The van der Waals surface area contributed by atoms with Gasteiger partial charge in [0.05, 0.1) is 29.5 Å². The van der Waals surface area contributed by atoms with Gasteiger partial charge in [0.1, 0.15) is 5.02 Å². The normalized spacial score (nSPS) is 14.0. The van der Waals surface area contributed by atoms with Gasteiger partial charge in [-0.1, -0.05) is 48.0 Å². The van der Waals surface area contributed by atoms with Gasteiger partial charge in [-0.25, -0.2) is 4.68 Å². The molecule has 4 aromatic rings. The number of para-hydroxylation sites is 2. The van der Waals surface area contributed by atoms with E-state index in [1.165, 1.54) is 4.68 Å². The van der Waals surface area contributed by atoms with Gasteiger partial charge < -0.3 is 9.80 Å². The third-order valence-corrected chi connectivity index (χ3v) is 6.23. The molecular formula is C26H23ClN6O2. The van der Waals surface area contributed by atoms with Crippen LogP contribution in [-0.2, 0) is 4.79 Å². The first-order valence-electron chi connectivity index (χ1n) is 11.3. The molecule has 0 bridgehead atoms. The molecule has 1 aliphatic rings. The summed E-state index contributed by atoms with van der Waals surface area (Å²) in [7, 11) is 0. The Morgan fingerprint density at radius 3 is 2.20 bits per heavy atom. The van der Waals surface area contributed by atoms with E-state index in [1.807, 2.05) is 59.6 Å². The fraction of sp³-hybridized carbons (Fsp3) is 0.154. The average Bonchev–Trinajstić information content (AvgIpc) is 3.39. The summed E-state index contributed by atoms with van der Waals surface area (Å²) < 4.78 is 3.06. The van der Waals surface area contributed by atoms with Gasteiger partial charge >= 0.3 is 0 Å². The van der Waals surface area contributed by atoms with E-state index in [1.54, 1.807) is 46.3 Å². The maximum absolute atomic E-state index is 12.8. The SMILES string of the molecule is O=C(/C=C/c1cnn(-c2ccccc2)c1)N1CCN(c2cnn(-c3ccccc3)c(=O)c2Cl)CC1. The lowest BCUT2D eigenvalue weighted by atomic mass is 10.2. The van der Waals surface area contributed by atoms with Crippen molar-refractivity contribution < 1.29 is 4.79 Å². The average molecular weight is 487 g/mol. The number of nitrogens with zero attached hydrogens (tertiary/aromatic N) is 6. The van der Waals surface area contributed by atoms with Crippen LogP contribution in [0.2, 0.25) is 5.02 Å². The third kappa shape index (κ3) is 4.88. The van der Waals surface area contributed by atoms with Gasteiger partial charge in [-0.3, -0.25) is 9.59 Å². The molecule has 176 valence electrons. The quantitative estimate of drug-likeness (QED) is 0.404. The van der Waals surface area contributed by atoms with Crippen LogP contribution >= 0.6 is 11.6 Å². The van der Waals surface area contributed by atoms with Crippen molar-refractivity contribution in [1.82, 2.24) is 24.5 Å². The molecule has 2 aromatic heterocycles. The molecule has 0 aliphatic carbocycles. The number of rotatable bonds is 5. The van der Waals surface area contributed by atoms with Crippen molar-refractivity contribution in [2.45, 2.75) is 0 Å². The van der Waals surface area contributed by atoms with Crippen LogP contribution in [0.25, 0.3) is 17.5 Å². The second-order valence-electron chi connectivity index (χ2n) is 8.10.